The molecule has 1 aliphatic carbocycles. The molecule has 0 unspecified atom stereocenters. The molecule has 0 bridgehead atoms. The maximum Gasteiger partial charge on any atom is 0.136 e. The zero-order valence-corrected chi connectivity index (χ0v) is 30.1. The summed E-state index contributed by atoms with van der Waals surface area (Å²) in [5.41, 5.74) is 17.4. The molecule has 256 valence electrons. The van der Waals surface area contributed by atoms with Crippen LogP contribution in [0.1, 0.15) is 25.0 Å². The molecule has 0 spiro atoms. The molecule has 3 heteroatoms. The minimum absolute atomic E-state index is 0.0728. The van der Waals surface area contributed by atoms with Gasteiger partial charge in [-0.2, -0.15) is 0 Å². The molecule has 3 nitrogen and oxygen atoms in total. The lowest BCUT2D eigenvalue weighted by Gasteiger charge is -2.28. The number of H-pyrrole nitrogens is 1. The molecule has 0 atom stereocenters. The predicted molar refractivity (Wildman–Crippen MR) is 226 cm³/mol. The van der Waals surface area contributed by atoms with Gasteiger partial charge in [-0.25, -0.2) is 0 Å². The van der Waals surface area contributed by atoms with Crippen LogP contribution in [0.5, 0.6) is 0 Å². The van der Waals surface area contributed by atoms with E-state index < -0.39 is 0 Å². The number of rotatable bonds is 5. The van der Waals surface area contributed by atoms with Gasteiger partial charge in [0.2, 0.25) is 0 Å². The summed E-state index contributed by atoms with van der Waals surface area (Å²) in [5.74, 6) is 0. The summed E-state index contributed by atoms with van der Waals surface area (Å²) >= 11 is 0. The van der Waals surface area contributed by atoms with Crippen molar-refractivity contribution in [1.29, 1.82) is 0 Å². The second kappa shape index (κ2) is 11.6. The first-order valence-corrected chi connectivity index (χ1v) is 18.7. The van der Waals surface area contributed by atoms with Crippen molar-refractivity contribution in [2.75, 3.05) is 4.90 Å². The van der Waals surface area contributed by atoms with E-state index in [-0.39, 0.29) is 5.41 Å². The van der Waals surface area contributed by atoms with Crippen molar-refractivity contribution in [2.24, 2.45) is 0 Å². The Labute approximate surface area is 313 Å². The average Bonchev–Trinajstić information content (AvgIpc) is 3.87. The number of anilines is 3. The highest BCUT2D eigenvalue weighted by Crippen LogP contribution is 2.52. The van der Waals surface area contributed by atoms with Gasteiger partial charge in [-0.1, -0.05) is 141 Å². The van der Waals surface area contributed by atoms with Gasteiger partial charge in [0.25, 0.3) is 0 Å². The van der Waals surface area contributed by atoms with Crippen LogP contribution >= 0.6 is 0 Å². The van der Waals surface area contributed by atoms with Crippen LogP contribution in [-0.4, -0.2) is 4.98 Å². The lowest BCUT2D eigenvalue weighted by molar-refractivity contribution is 0.660. The second-order valence-corrected chi connectivity index (χ2v) is 15.0. The molecule has 1 aliphatic rings. The fraction of sp³-hybridized carbons (Fsp3) is 0.0588. The predicted octanol–water partition coefficient (Wildman–Crippen LogP) is 14.3. The third-order valence-corrected chi connectivity index (χ3v) is 11.6. The molecule has 2 heterocycles. The molecule has 8 aromatic carbocycles. The minimum atomic E-state index is -0.0728. The molecule has 0 radical (unpaired) electrons. The monoisotopic (exact) mass is 692 g/mol. The van der Waals surface area contributed by atoms with Gasteiger partial charge in [0.15, 0.2) is 0 Å². The van der Waals surface area contributed by atoms with E-state index in [4.69, 9.17) is 4.42 Å². The van der Waals surface area contributed by atoms with E-state index in [0.717, 1.165) is 61.2 Å². The van der Waals surface area contributed by atoms with Crippen molar-refractivity contribution in [2.45, 2.75) is 19.3 Å². The highest BCUT2D eigenvalue weighted by Gasteiger charge is 2.35. The summed E-state index contributed by atoms with van der Waals surface area (Å²) in [6.45, 7) is 4.69. The van der Waals surface area contributed by atoms with Crippen molar-refractivity contribution in [1.82, 2.24) is 4.98 Å². The molecular formula is C51H36N2O. The van der Waals surface area contributed by atoms with Crippen LogP contribution in [0, 0.1) is 0 Å². The third kappa shape index (κ3) is 4.48. The number of para-hydroxylation sites is 2. The van der Waals surface area contributed by atoms with Crippen LogP contribution in [0.25, 0.3) is 77.1 Å². The largest absolute Gasteiger partial charge is 0.456 e. The van der Waals surface area contributed by atoms with Gasteiger partial charge in [-0.3, -0.25) is 0 Å². The molecule has 0 aliphatic heterocycles. The van der Waals surface area contributed by atoms with Crippen molar-refractivity contribution in [3.8, 4) is 33.4 Å². The van der Waals surface area contributed by atoms with E-state index in [1.807, 2.05) is 12.1 Å². The minimum Gasteiger partial charge on any atom is -0.456 e. The number of nitrogens with one attached hydrogen (secondary N) is 1. The van der Waals surface area contributed by atoms with Crippen molar-refractivity contribution >= 4 is 60.8 Å². The third-order valence-electron chi connectivity index (χ3n) is 11.6. The van der Waals surface area contributed by atoms with Crippen LogP contribution in [0.15, 0.2) is 180 Å². The lowest BCUT2D eigenvalue weighted by Crippen LogP contribution is -2.15. The number of benzene rings is 8. The second-order valence-electron chi connectivity index (χ2n) is 15.0. The van der Waals surface area contributed by atoms with Crippen LogP contribution < -0.4 is 4.90 Å². The number of aromatic amines is 1. The summed E-state index contributed by atoms with van der Waals surface area (Å²) in [6, 6.07) is 63.6. The Morgan fingerprint density at radius 1 is 0.463 bits per heavy atom. The Kier molecular flexibility index (Phi) is 6.60. The van der Waals surface area contributed by atoms with Gasteiger partial charge in [-0.15, -0.1) is 0 Å². The molecule has 0 saturated heterocycles. The van der Waals surface area contributed by atoms with E-state index >= 15 is 0 Å². The first-order valence-electron chi connectivity index (χ1n) is 18.7. The van der Waals surface area contributed by atoms with Crippen LogP contribution in [0.3, 0.4) is 0 Å². The maximum absolute atomic E-state index is 6.27. The van der Waals surface area contributed by atoms with Gasteiger partial charge in [0.05, 0.1) is 11.2 Å². The number of hydrogen-bond donors (Lipinski definition) is 1. The molecule has 1 N–H and O–H groups in total. The first-order chi connectivity index (χ1) is 26.5. The molecular weight excluding hydrogens is 657 g/mol. The Morgan fingerprint density at radius 2 is 1.13 bits per heavy atom. The summed E-state index contributed by atoms with van der Waals surface area (Å²) in [5, 5.41) is 4.69. The summed E-state index contributed by atoms with van der Waals surface area (Å²) in [7, 11) is 0. The number of aromatic nitrogens is 1. The summed E-state index contributed by atoms with van der Waals surface area (Å²) < 4.78 is 6.27. The smallest absolute Gasteiger partial charge is 0.136 e. The molecule has 0 fully saturated rings. The Hall–Kier alpha value is -6.84. The standard InChI is InChI=1S/C51H36N2O/c1-51(2)42-19-9-6-15-38(42)41-31-35(27-29-43(41)51)53(34-25-23-33(24-26-34)36-18-12-22-47-48(36)40-17-8-11-21-46(40)54-47)45-30-28-37(32-13-4-3-5-14-32)50-49(45)39-16-7-10-20-44(39)52-50/h3-31,52H,1-2H3. The van der Waals surface area contributed by atoms with Gasteiger partial charge in [-0.05, 0) is 87.5 Å². The highest BCUT2D eigenvalue weighted by atomic mass is 16.3. The molecule has 0 amide bonds. The van der Waals surface area contributed by atoms with Crippen molar-refractivity contribution in [3.63, 3.8) is 0 Å². The van der Waals surface area contributed by atoms with Crippen molar-refractivity contribution in [3.05, 3.63) is 187 Å². The van der Waals surface area contributed by atoms with Gasteiger partial charge < -0.3 is 14.3 Å². The van der Waals surface area contributed by atoms with Crippen molar-refractivity contribution < 1.29 is 4.42 Å². The molecule has 54 heavy (non-hydrogen) atoms. The highest BCUT2D eigenvalue weighted by molar-refractivity contribution is 6.19. The van der Waals surface area contributed by atoms with E-state index in [2.05, 4.69) is 188 Å². The van der Waals surface area contributed by atoms with Crippen LogP contribution in [-0.2, 0) is 5.41 Å². The number of fused-ring (bicyclic) bond motifs is 9. The fourth-order valence-electron chi connectivity index (χ4n) is 9.06. The van der Waals surface area contributed by atoms with Crippen LogP contribution in [0.2, 0.25) is 0 Å². The molecule has 11 rings (SSSR count). The molecule has 0 saturated carbocycles. The van der Waals surface area contributed by atoms with Gasteiger partial charge >= 0.3 is 0 Å². The Morgan fingerprint density at radius 3 is 2.00 bits per heavy atom. The normalized spacial score (nSPS) is 13.1. The number of hydrogen-bond acceptors (Lipinski definition) is 2. The van der Waals surface area contributed by atoms with E-state index in [0.29, 0.717) is 0 Å². The Bertz CT molecular complexity index is 3070. The average molecular weight is 693 g/mol. The fourth-order valence-corrected chi connectivity index (χ4v) is 9.06. The zero-order chi connectivity index (χ0) is 36.0. The van der Waals surface area contributed by atoms with E-state index in [1.165, 1.54) is 44.2 Å². The van der Waals surface area contributed by atoms with E-state index in [9.17, 15) is 0 Å². The first kappa shape index (κ1) is 30.8. The molecule has 10 aromatic rings. The van der Waals surface area contributed by atoms with Gasteiger partial charge in [0, 0.05) is 49.4 Å². The zero-order valence-electron chi connectivity index (χ0n) is 30.1. The SMILES string of the molecule is CC1(C)c2ccccc2-c2cc(N(c3ccc(-c4cccc5oc6ccccc6c45)cc3)c3ccc(-c4ccccc4)c4[nH]c5ccccc5c34)ccc21. The topological polar surface area (TPSA) is 32.2 Å². The quantitative estimate of drug-likeness (QED) is 0.195. The number of furan rings is 1. The number of nitrogens with zero attached hydrogens (tertiary/aromatic N) is 1. The Balaban J connectivity index is 1.15. The van der Waals surface area contributed by atoms with E-state index in [1.54, 1.807) is 0 Å². The molecule has 2 aromatic heterocycles. The van der Waals surface area contributed by atoms with Gasteiger partial charge in [0.1, 0.15) is 11.2 Å². The maximum atomic E-state index is 6.27. The lowest BCUT2D eigenvalue weighted by atomic mass is 9.82. The summed E-state index contributed by atoms with van der Waals surface area (Å²) in [6.07, 6.45) is 0. The summed E-state index contributed by atoms with van der Waals surface area (Å²) in [4.78, 5) is 6.28. The van der Waals surface area contributed by atoms with Crippen LogP contribution in [0.4, 0.5) is 17.1 Å².